The predicted molar refractivity (Wildman–Crippen MR) is 56.5 cm³/mol. The van der Waals surface area contributed by atoms with E-state index in [-0.39, 0.29) is 0 Å². The number of benzene rings is 1. The van der Waals surface area contributed by atoms with Crippen LogP contribution in [0.15, 0.2) is 30.3 Å². The van der Waals surface area contributed by atoms with Crippen LogP contribution in [-0.4, -0.2) is 11.2 Å². The van der Waals surface area contributed by atoms with Crippen LogP contribution in [-0.2, 0) is 0 Å². The largest absolute Gasteiger partial charge is 0.389 e. The summed E-state index contributed by atoms with van der Waals surface area (Å²) in [7, 11) is 0. The third-order valence-electron chi connectivity index (χ3n) is 1.94. The van der Waals surface area contributed by atoms with Crippen LogP contribution in [0.2, 0.25) is 0 Å². The number of nitrogens with zero attached hydrogens (tertiary/aromatic N) is 1. The monoisotopic (exact) mass is 187 g/mol. The van der Waals surface area contributed by atoms with Gasteiger partial charge >= 0.3 is 0 Å². The van der Waals surface area contributed by atoms with Gasteiger partial charge < -0.3 is 5.11 Å². The quantitative estimate of drug-likeness (QED) is 0.772. The molecule has 1 atom stereocenters. The van der Waals surface area contributed by atoms with E-state index in [1.165, 1.54) is 0 Å². The van der Waals surface area contributed by atoms with Crippen molar-refractivity contribution < 1.29 is 5.11 Å². The van der Waals surface area contributed by atoms with E-state index < -0.39 is 6.10 Å². The van der Waals surface area contributed by atoms with E-state index in [2.05, 4.69) is 6.07 Å². The Balaban J connectivity index is 3.03. The fraction of sp³-hybridized carbons (Fsp3) is 0.250. The first-order valence-electron chi connectivity index (χ1n) is 4.50. The summed E-state index contributed by atoms with van der Waals surface area (Å²) < 4.78 is 0. The molecule has 0 amide bonds. The van der Waals surface area contributed by atoms with Crippen molar-refractivity contribution >= 4 is 5.57 Å². The van der Waals surface area contributed by atoms with Crippen molar-refractivity contribution in [3.8, 4) is 6.07 Å². The van der Waals surface area contributed by atoms with Gasteiger partial charge in [0.1, 0.15) is 0 Å². The highest BCUT2D eigenvalue weighted by Crippen LogP contribution is 2.15. The lowest BCUT2D eigenvalue weighted by molar-refractivity contribution is 0.244. The summed E-state index contributed by atoms with van der Waals surface area (Å²) in [5.41, 5.74) is 2.60. The lowest BCUT2D eigenvalue weighted by atomic mass is 10.0. The van der Waals surface area contributed by atoms with Crippen LogP contribution in [0, 0.1) is 11.3 Å². The molecule has 0 heterocycles. The van der Waals surface area contributed by atoms with Gasteiger partial charge in [0, 0.05) is 0 Å². The van der Waals surface area contributed by atoms with Crippen LogP contribution in [0.4, 0.5) is 0 Å². The van der Waals surface area contributed by atoms with E-state index in [4.69, 9.17) is 10.4 Å². The average Bonchev–Trinajstić information content (AvgIpc) is 2.17. The topological polar surface area (TPSA) is 44.0 Å². The normalized spacial score (nSPS) is 13.4. The van der Waals surface area contributed by atoms with Crippen molar-refractivity contribution in [2.75, 3.05) is 0 Å². The second kappa shape index (κ2) is 4.59. The summed E-state index contributed by atoms with van der Waals surface area (Å²) in [5, 5.41) is 17.9. The maximum absolute atomic E-state index is 9.17. The molecule has 0 saturated carbocycles. The highest BCUT2D eigenvalue weighted by Gasteiger charge is 1.98. The summed E-state index contributed by atoms with van der Waals surface area (Å²) >= 11 is 0. The van der Waals surface area contributed by atoms with E-state index in [0.717, 1.165) is 11.1 Å². The highest BCUT2D eigenvalue weighted by molar-refractivity contribution is 5.65. The molecule has 0 aromatic heterocycles. The number of allylic oxidation sites excluding steroid dienone is 1. The first-order chi connectivity index (χ1) is 6.63. The average molecular weight is 187 g/mol. The maximum atomic E-state index is 9.17. The Labute approximate surface area is 84.1 Å². The van der Waals surface area contributed by atoms with Crippen LogP contribution in [0.3, 0.4) is 0 Å². The maximum Gasteiger partial charge on any atom is 0.0991 e. The van der Waals surface area contributed by atoms with Crippen molar-refractivity contribution in [2.45, 2.75) is 20.0 Å². The molecule has 1 rings (SSSR count). The minimum Gasteiger partial charge on any atom is -0.389 e. The van der Waals surface area contributed by atoms with Gasteiger partial charge in [-0.05, 0) is 37.1 Å². The lowest BCUT2D eigenvalue weighted by Gasteiger charge is -2.03. The zero-order valence-corrected chi connectivity index (χ0v) is 8.36. The molecule has 0 aliphatic rings. The molecular weight excluding hydrogens is 174 g/mol. The fourth-order valence-corrected chi connectivity index (χ4v) is 1.29. The third kappa shape index (κ3) is 2.72. The van der Waals surface area contributed by atoms with E-state index in [1.54, 1.807) is 19.1 Å². The van der Waals surface area contributed by atoms with Crippen molar-refractivity contribution in [1.29, 1.82) is 5.26 Å². The molecule has 1 aromatic carbocycles. The number of aliphatic hydroxyl groups excluding tert-OH is 1. The SMILES string of the molecule is C/C(=C/C(C)O)c1cccc(C#N)c1. The number of rotatable bonds is 2. The Morgan fingerprint density at radius 1 is 1.57 bits per heavy atom. The predicted octanol–water partition coefficient (Wildman–Crippen LogP) is 2.34. The summed E-state index contributed by atoms with van der Waals surface area (Å²) in [5.74, 6) is 0. The zero-order valence-electron chi connectivity index (χ0n) is 8.36. The van der Waals surface area contributed by atoms with E-state index in [9.17, 15) is 0 Å². The minimum absolute atomic E-state index is 0.458. The van der Waals surface area contributed by atoms with Crippen molar-refractivity contribution in [1.82, 2.24) is 0 Å². The van der Waals surface area contributed by atoms with Gasteiger partial charge in [-0.1, -0.05) is 18.2 Å². The molecule has 1 N–H and O–H groups in total. The highest BCUT2D eigenvalue weighted by atomic mass is 16.3. The fourth-order valence-electron chi connectivity index (χ4n) is 1.29. The number of aliphatic hydroxyl groups is 1. The standard InChI is InChI=1S/C12H13NO/c1-9(6-10(2)14)12-5-3-4-11(7-12)8-13/h3-7,10,14H,1-2H3/b9-6-. The summed E-state index contributed by atoms with van der Waals surface area (Å²) in [4.78, 5) is 0. The molecule has 0 fully saturated rings. The Morgan fingerprint density at radius 2 is 2.29 bits per heavy atom. The number of nitriles is 1. The van der Waals surface area contributed by atoms with E-state index in [1.807, 2.05) is 25.1 Å². The molecule has 1 unspecified atom stereocenters. The van der Waals surface area contributed by atoms with Crippen LogP contribution >= 0.6 is 0 Å². The summed E-state index contributed by atoms with van der Waals surface area (Å²) in [6, 6.07) is 9.43. The van der Waals surface area contributed by atoms with Gasteiger partial charge in [-0.25, -0.2) is 0 Å². The second-order valence-corrected chi connectivity index (χ2v) is 3.28. The molecule has 72 valence electrons. The molecule has 0 aliphatic heterocycles. The lowest BCUT2D eigenvalue weighted by Crippen LogP contribution is -1.94. The molecule has 0 spiro atoms. The Bertz CT molecular complexity index is 386. The molecule has 0 saturated heterocycles. The van der Waals surface area contributed by atoms with Crippen molar-refractivity contribution in [3.63, 3.8) is 0 Å². The van der Waals surface area contributed by atoms with Gasteiger partial charge in [0.25, 0.3) is 0 Å². The first-order valence-corrected chi connectivity index (χ1v) is 4.50. The smallest absolute Gasteiger partial charge is 0.0991 e. The zero-order chi connectivity index (χ0) is 10.6. The Hall–Kier alpha value is -1.59. The van der Waals surface area contributed by atoms with Gasteiger partial charge in [-0.3, -0.25) is 0 Å². The number of hydrogen-bond donors (Lipinski definition) is 1. The molecule has 0 bridgehead atoms. The second-order valence-electron chi connectivity index (χ2n) is 3.28. The van der Waals surface area contributed by atoms with Crippen LogP contribution in [0.1, 0.15) is 25.0 Å². The van der Waals surface area contributed by atoms with Gasteiger partial charge in [-0.15, -0.1) is 0 Å². The van der Waals surface area contributed by atoms with Gasteiger partial charge in [0.05, 0.1) is 17.7 Å². The van der Waals surface area contributed by atoms with Gasteiger partial charge in [0.15, 0.2) is 0 Å². The van der Waals surface area contributed by atoms with Crippen molar-refractivity contribution in [2.24, 2.45) is 0 Å². The molecular formula is C12H13NO. The Kier molecular flexibility index (Phi) is 3.44. The molecule has 0 radical (unpaired) electrons. The Morgan fingerprint density at radius 3 is 2.86 bits per heavy atom. The summed E-state index contributed by atoms with van der Waals surface area (Å²) in [6.07, 6.45) is 1.30. The van der Waals surface area contributed by atoms with Crippen LogP contribution in [0.5, 0.6) is 0 Å². The van der Waals surface area contributed by atoms with Crippen LogP contribution < -0.4 is 0 Å². The molecule has 0 aliphatic carbocycles. The molecule has 2 nitrogen and oxygen atoms in total. The van der Waals surface area contributed by atoms with Gasteiger partial charge in [-0.2, -0.15) is 5.26 Å². The number of hydrogen-bond acceptors (Lipinski definition) is 2. The third-order valence-corrected chi connectivity index (χ3v) is 1.94. The minimum atomic E-state index is -0.458. The first kappa shape index (κ1) is 10.5. The van der Waals surface area contributed by atoms with E-state index in [0.29, 0.717) is 5.56 Å². The van der Waals surface area contributed by atoms with E-state index >= 15 is 0 Å². The van der Waals surface area contributed by atoms with Crippen molar-refractivity contribution in [3.05, 3.63) is 41.5 Å². The molecule has 14 heavy (non-hydrogen) atoms. The van der Waals surface area contributed by atoms with Gasteiger partial charge in [0.2, 0.25) is 0 Å². The van der Waals surface area contributed by atoms with Crippen LogP contribution in [0.25, 0.3) is 5.57 Å². The molecule has 2 heteroatoms. The molecule has 1 aromatic rings. The summed E-state index contributed by atoms with van der Waals surface area (Å²) in [6.45, 7) is 3.63.